The molecule has 17 rings (SSSR count). The van der Waals surface area contributed by atoms with E-state index >= 15 is 0 Å². The lowest BCUT2D eigenvalue weighted by Gasteiger charge is -2.34. The summed E-state index contributed by atoms with van der Waals surface area (Å²) in [6.45, 7) is 18.2. The average Bonchev–Trinajstić information content (AvgIpc) is 1.63. The molecule has 0 amide bonds. The van der Waals surface area contributed by atoms with Gasteiger partial charge in [-0.1, -0.05) is 140 Å². The Morgan fingerprint density at radius 1 is 0.400 bits per heavy atom. The number of nitrogens with zero attached hydrogens (tertiary/aromatic N) is 11. The number of likely N-dealkylation sites (N-methyl/N-ethyl adjacent to an activating group) is 2. The van der Waals surface area contributed by atoms with Crippen molar-refractivity contribution in [3.05, 3.63) is 271 Å². The molecule has 3 aromatic heterocycles. The molecule has 140 heavy (non-hydrogen) atoms. The number of anilines is 2. The number of ether oxygens (including phenoxy) is 3. The van der Waals surface area contributed by atoms with E-state index in [1.807, 2.05) is 74.8 Å². The normalized spacial score (nSPS) is 15.6. The zero-order chi connectivity index (χ0) is 98.7. The minimum atomic E-state index is -4.75. The van der Waals surface area contributed by atoms with Gasteiger partial charge in [-0.3, -0.25) is 14.4 Å². The molecule has 20 nitrogen and oxygen atoms in total. The van der Waals surface area contributed by atoms with E-state index in [-0.39, 0.29) is 47.0 Å². The van der Waals surface area contributed by atoms with Crippen molar-refractivity contribution in [2.75, 3.05) is 117 Å². The molecule has 4 fully saturated rings. The van der Waals surface area contributed by atoms with Gasteiger partial charge >= 0.3 is 12.7 Å². The van der Waals surface area contributed by atoms with E-state index < -0.39 is 12.7 Å². The summed E-state index contributed by atoms with van der Waals surface area (Å²) in [5.74, 6) is 4.23. The highest BCUT2D eigenvalue weighted by atomic mass is 35.5. The highest BCUT2D eigenvalue weighted by Gasteiger charge is 2.34. The van der Waals surface area contributed by atoms with Crippen LogP contribution in [0.4, 0.5) is 37.7 Å². The van der Waals surface area contributed by atoms with Gasteiger partial charge in [0.2, 0.25) is 0 Å². The number of nitrogens with one attached hydrogen (secondary N) is 3. The molecule has 740 valence electrons. The van der Waals surface area contributed by atoms with Crippen molar-refractivity contribution in [1.82, 2.24) is 59.3 Å². The summed E-state index contributed by atoms with van der Waals surface area (Å²) < 4.78 is 97.0. The maximum absolute atomic E-state index is 12.8. The highest BCUT2D eigenvalue weighted by molar-refractivity contribution is 6.42. The van der Waals surface area contributed by atoms with Gasteiger partial charge in [-0.05, 0) is 303 Å². The van der Waals surface area contributed by atoms with Crippen LogP contribution in [0.2, 0.25) is 20.1 Å². The number of ketones is 3. The summed E-state index contributed by atoms with van der Waals surface area (Å²) in [7, 11) is 8.37. The second-order valence-electron chi connectivity index (χ2n) is 38.0. The standard InChI is InChI=1S/C37H44F3N5O2.C37H45F3N4O3.C36H35Cl4N5O/c1-26(46)22-33(41-24-27-6-4-3-5-7-27)30-12-17-35-34(23-30)42-36(29-10-13-31(14-11-29)44-20-18-43(2)19-21-44)45(35)25-28-8-15-32(16-9-28)47-37(38,39)40;1-26(45)22-33(41-24-27-8-5-4-6-9-27)30-14-19-35-34(23-30)42-36(29-12-17-31(18-13-29)46-21-7-20-43(2)3)44(35)25-28-10-15-32(16-11-28)47-37(38,39)40;1-23(46)17-33(41-21-24-3-10-29(37)31(39)18-24)27-7-12-35-34(20-27)42-36(45(35)22-25-4-11-30(38)32(40)19-25)26-5-8-28(9-6-26)44-15-13-43(2)14-16-44/h8-17,23,27,33,41H,3-7,18-22,24-25H2,1-2H3;10-19,23,27,33,41H,4-9,20-22,24-25H2,1-3H3;3-12,18-20,33,41H,13-17,21-22H2,1-2H3. The Kier molecular flexibility index (Phi) is 35.7. The van der Waals surface area contributed by atoms with Gasteiger partial charge in [0.1, 0.15) is 52.1 Å². The summed E-state index contributed by atoms with van der Waals surface area (Å²) >= 11 is 25.0. The molecular formula is C110H124Cl4F6N14O6. The molecule has 2 saturated carbocycles. The van der Waals surface area contributed by atoms with E-state index in [2.05, 4.69) is 175 Å². The van der Waals surface area contributed by atoms with Crippen molar-refractivity contribution < 1.29 is 54.9 Å². The van der Waals surface area contributed by atoms with Crippen LogP contribution in [0.15, 0.2) is 212 Å². The average molecular weight is 1990 g/mol. The van der Waals surface area contributed by atoms with Crippen molar-refractivity contribution in [2.24, 2.45) is 11.8 Å². The predicted molar refractivity (Wildman–Crippen MR) is 550 cm³/mol. The molecule has 0 radical (unpaired) electrons. The van der Waals surface area contributed by atoms with Crippen molar-refractivity contribution in [3.63, 3.8) is 0 Å². The quantitative estimate of drug-likeness (QED) is 0.0249. The number of benzene rings is 10. The lowest BCUT2D eigenvalue weighted by Crippen LogP contribution is -2.44. The molecule has 5 heterocycles. The first-order valence-corrected chi connectivity index (χ1v) is 50.0. The molecule has 2 aliphatic heterocycles. The van der Waals surface area contributed by atoms with Crippen molar-refractivity contribution in [2.45, 2.75) is 168 Å². The number of hydrogen-bond donors (Lipinski definition) is 3. The van der Waals surface area contributed by atoms with Gasteiger partial charge in [-0.15, -0.1) is 26.3 Å². The van der Waals surface area contributed by atoms with Crippen LogP contribution in [-0.2, 0) is 40.6 Å². The Bertz CT molecular complexity index is 6310. The van der Waals surface area contributed by atoms with E-state index in [0.717, 1.165) is 190 Å². The molecule has 2 saturated heterocycles. The zero-order valence-electron chi connectivity index (χ0n) is 80.5. The number of carbonyl (C=O) groups excluding carboxylic acids is 3. The number of aromatic nitrogens is 6. The van der Waals surface area contributed by atoms with E-state index in [4.69, 9.17) is 66.1 Å². The fourth-order valence-corrected chi connectivity index (χ4v) is 19.8. The minimum Gasteiger partial charge on any atom is -0.494 e. The molecule has 4 aliphatic rings. The molecule has 0 spiro atoms. The first-order valence-electron chi connectivity index (χ1n) is 48.5. The lowest BCUT2D eigenvalue weighted by molar-refractivity contribution is -0.275. The zero-order valence-corrected chi connectivity index (χ0v) is 83.5. The summed E-state index contributed by atoms with van der Waals surface area (Å²) in [6.07, 6.45) is 5.13. The second-order valence-corrected chi connectivity index (χ2v) is 39.6. The smallest absolute Gasteiger partial charge is 0.494 e. The number of Topliss-reactive ketones (excluding diaryl/α,β-unsaturated/α-hetero) is 3. The third-order valence-corrected chi connectivity index (χ3v) is 28.2. The first kappa shape index (κ1) is 103. The molecule has 10 aromatic carbocycles. The Hall–Kier alpha value is -10.9. The number of halogens is 10. The molecular weight excluding hydrogens is 1870 g/mol. The SMILES string of the molecule is CC(=O)CC(NCC1CCCCC1)c1ccc2c(c1)nc(-c1ccc(N3CCN(C)CC3)cc1)n2Cc1ccc(OC(F)(F)F)cc1.CC(=O)CC(NCC1CCCCC1)c1ccc2c(c1)nc(-c1ccc(OCCCN(C)C)cc1)n2Cc1ccc(OC(F)(F)F)cc1.CC(=O)CC(NCc1ccc(Cl)c(Cl)c1)c1ccc2c(c1)nc(-c1ccc(N3CCN(C)CC3)cc1)n2Cc1ccc(Cl)c(Cl)c1. The van der Waals surface area contributed by atoms with Crippen LogP contribution < -0.4 is 40.0 Å². The summed E-state index contributed by atoms with van der Waals surface area (Å²) in [6, 6.07) is 66.3. The molecule has 30 heteroatoms. The minimum absolute atomic E-state index is 0.0954. The van der Waals surface area contributed by atoms with Crippen LogP contribution >= 0.6 is 46.4 Å². The fourth-order valence-electron chi connectivity index (χ4n) is 19.1. The van der Waals surface area contributed by atoms with Gasteiger partial charge in [0, 0.05) is 151 Å². The molecule has 13 aromatic rings. The Morgan fingerprint density at radius 2 is 0.736 bits per heavy atom. The lowest BCUT2D eigenvalue weighted by atomic mass is 9.89. The van der Waals surface area contributed by atoms with Crippen LogP contribution in [0.1, 0.15) is 168 Å². The molecule has 2 aliphatic carbocycles. The van der Waals surface area contributed by atoms with Gasteiger partial charge in [-0.25, -0.2) is 15.0 Å². The highest BCUT2D eigenvalue weighted by Crippen LogP contribution is 2.39. The van der Waals surface area contributed by atoms with Gasteiger partial charge in [0.05, 0.1) is 59.8 Å². The van der Waals surface area contributed by atoms with E-state index in [0.29, 0.717) is 84.0 Å². The van der Waals surface area contributed by atoms with Crippen molar-refractivity contribution in [1.29, 1.82) is 0 Å². The monoisotopic (exact) mass is 1990 g/mol. The van der Waals surface area contributed by atoms with E-state index in [1.54, 1.807) is 51.1 Å². The summed E-state index contributed by atoms with van der Waals surface area (Å²) in [5, 5.41) is 13.0. The topological polar surface area (TPSA) is 185 Å². The third-order valence-electron chi connectivity index (χ3n) is 26.7. The van der Waals surface area contributed by atoms with Gasteiger partial charge in [-0.2, -0.15) is 0 Å². The van der Waals surface area contributed by atoms with Crippen molar-refractivity contribution in [3.8, 4) is 51.4 Å². The number of piperazine rings is 2. The second kappa shape index (κ2) is 48.3. The van der Waals surface area contributed by atoms with Gasteiger partial charge < -0.3 is 68.4 Å². The molecule has 3 unspecified atom stereocenters. The molecule has 3 atom stereocenters. The Labute approximate surface area is 836 Å². The number of fused-ring (bicyclic) bond motifs is 3. The number of hydrogen-bond acceptors (Lipinski definition) is 17. The largest absolute Gasteiger partial charge is 0.573 e. The number of rotatable bonds is 36. The number of alkyl halides is 6. The summed E-state index contributed by atoms with van der Waals surface area (Å²) in [4.78, 5) is 63.9. The predicted octanol–water partition coefficient (Wildman–Crippen LogP) is 24.7. The van der Waals surface area contributed by atoms with Crippen LogP contribution in [-0.4, -0.2) is 180 Å². The molecule has 0 bridgehead atoms. The molecule has 3 N–H and O–H groups in total. The fraction of sp³-hybridized carbons (Fsp3) is 0.400. The van der Waals surface area contributed by atoms with E-state index in [1.165, 1.54) is 99.8 Å². The maximum Gasteiger partial charge on any atom is 0.573 e. The van der Waals surface area contributed by atoms with Crippen LogP contribution in [0.5, 0.6) is 17.2 Å². The van der Waals surface area contributed by atoms with Gasteiger partial charge in [0.25, 0.3) is 0 Å². The maximum atomic E-state index is 12.8. The van der Waals surface area contributed by atoms with Crippen LogP contribution in [0.3, 0.4) is 0 Å². The third kappa shape index (κ3) is 29.0. The Morgan fingerprint density at radius 3 is 1.09 bits per heavy atom. The number of imidazole rings is 3. The Balaban J connectivity index is 0.000000159. The first-order chi connectivity index (χ1) is 67.3. The summed E-state index contributed by atoms with van der Waals surface area (Å²) in [5.41, 5.74) is 17.1. The van der Waals surface area contributed by atoms with Gasteiger partial charge in [0.15, 0.2) is 0 Å². The van der Waals surface area contributed by atoms with E-state index in [9.17, 15) is 40.7 Å². The number of carbonyl (C=O) groups is 3. The van der Waals surface area contributed by atoms with Crippen LogP contribution in [0.25, 0.3) is 67.3 Å². The van der Waals surface area contributed by atoms with Crippen molar-refractivity contribution >= 4 is 108 Å². The van der Waals surface area contributed by atoms with Crippen LogP contribution in [0, 0.1) is 11.8 Å².